The van der Waals surface area contributed by atoms with Crippen molar-refractivity contribution < 1.29 is 9.94 Å². The second-order valence-corrected chi connectivity index (χ2v) is 4.44. The van der Waals surface area contributed by atoms with E-state index in [0.717, 1.165) is 19.6 Å². The zero-order chi connectivity index (χ0) is 14.3. The molecular formula is C13H20ClN3O2. The largest absolute Gasteiger partial charge is 0.491 e. The predicted molar refractivity (Wildman–Crippen MR) is 77.2 cm³/mol. The molecule has 0 aliphatic rings. The van der Waals surface area contributed by atoms with Gasteiger partial charge in [-0.25, -0.2) is 0 Å². The summed E-state index contributed by atoms with van der Waals surface area (Å²) >= 11 is 5.89. The van der Waals surface area contributed by atoms with Crippen molar-refractivity contribution in [2.75, 3.05) is 26.2 Å². The second-order valence-electron chi connectivity index (χ2n) is 4.00. The molecule has 0 aromatic heterocycles. The number of halogens is 1. The van der Waals surface area contributed by atoms with Crippen LogP contribution in [0.3, 0.4) is 0 Å². The molecule has 1 rings (SSSR count). The molecule has 6 heteroatoms. The van der Waals surface area contributed by atoms with Crippen molar-refractivity contribution in [2.45, 2.75) is 13.8 Å². The normalized spacial score (nSPS) is 11.9. The Morgan fingerprint density at radius 1 is 1.42 bits per heavy atom. The topological polar surface area (TPSA) is 71.1 Å². The number of hydrogen-bond donors (Lipinski definition) is 2. The molecule has 19 heavy (non-hydrogen) atoms. The van der Waals surface area contributed by atoms with Crippen LogP contribution in [0.5, 0.6) is 5.75 Å². The summed E-state index contributed by atoms with van der Waals surface area (Å²) < 4.78 is 5.68. The van der Waals surface area contributed by atoms with Crippen LogP contribution >= 0.6 is 11.6 Å². The van der Waals surface area contributed by atoms with Gasteiger partial charge in [0, 0.05) is 11.6 Å². The quantitative estimate of drug-likeness (QED) is 0.348. The fourth-order valence-electron chi connectivity index (χ4n) is 1.71. The van der Waals surface area contributed by atoms with Gasteiger partial charge in [0.1, 0.15) is 12.4 Å². The maximum Gasteiger partial charge on any atom is 0.173 e. The lowest BCUT2D eigenvalue weighted by Crippen LogP contribution is -2.28. The van der Waals surface area contributed by atoms with E-state index < -0.39 is 0 Å². The summed E-state index contributed by atoms with van der Waals surface area (Å²) in [4.78, 5) is 2.25. The minimum Gasteiger partial charge on any atom is -0.491 e. The van der Waals surface area contributed by atoms with E-state index in [1.54, 1.807) is 18.2 Å². The van der Waals surface area contributed by atoms with E-state index in [9.17, 15) is 0 Å². The first-order valence-corrected chi connectivity index (χ1v) is 6.62. The fraction of sp³-hybridized carbons (Fsp3) is 0.462. The fourth-order valence-corrected chi connectivity index (χ4v) is 1.88. The first-order valence-electron chi connectivity index (χ1n) is 6.24. The van der Waals surface area contributed by atoms with Crippen molar-refractivity contribution >= 4 is 17.4 Å². The molecule has 0 atom stereocenters. The number of oxime groups is 1. The third-order valence-corrected chi connectivity index (χ3v) is 3.12. The molecule has 0 aliphatic heterocycles. The summed E-state index contributed by atoms with van der Waals surface area (Å²) in [6.07, 6.45) is 0. The first kappa shape index (κ1) is 15.6. The molecule has 0 amide bonds. The Labute approximate surface area is 118 Å². The summed E-state index contributed by atoms with van der Waals surface area (Å²) in [5.74, 6) is 0.548. The molecule has 106 valence electrons. The lowest BCUT2D eigenvalue weighted by atomic mass is 10.2. The van der Waals surface area contributed by atoms with Crippen LogP contribution in [0.1, 0.15) is 19.4 Å². The number of nitrogens with zero attached hydrogens (tertiary/aromatic N) is 2. The molecule has 0 radical (unpaired) electrons. The van der Waals surface area contributed by atoms with Gasteiger partial charge in [-0.1, -0.05) is 30.6 Å². The third kappa shape index (κ3) is 4.61. The molecule has 1 aromatic rings. The molecule has 1 aromatic carbocycles. The second kappa shape index (κ2) is 7.86. The summed E-state index contributed by atoms with van der Waals surface area (Å²) in [7, 11) is 0. The van der Waals surface area contributed by atoms with Crippen LogP contribution in [0, 0.1) is 0 Å². The monoisotopic (exact) mass is 285 g/mol. The molecule has 0 unspecified atom stereocenters. The zero-order valence-corrected chi connectivity index (χ0v) is 12.0. The molecule has 5 nitrogen and oxygen atoms in total. The van der Waals surface area contributed by atoms with Gasteiger partial charge in [0.05, 0.1) is 5.56 Å². The average molecular weight is 286 g/mol. The van der Waals surface area contributed by atoms with E-state index >= 15 is 0 Å². The van der Waals surface area contributed by atoms with Gasteiger partial charge in [-0.2, -0.15) is 0 Å². The standard InChI is InChI=1S/C13H20ClN3O2/c1-3-17(4-2)7-8-19-12-6-5-10(14)9-11(12)13(15)16-18/h5-6,9,18H,3-4,7-8H2,1-2H3,(H2,15,16). The highest BCUT2D eigenvalue weighted by Crippen LogP contribution is 2.22. The average Bonchev–Trinajstić information content (AvgIpc) is 2.44. The maximum absolute atomic E-state index is 8.75. The first-order chi connectivity index (χ1) is 9.12. The lowest BCUT2D eigenvalue weighted by molar-refractivity contribution is 0.222. The minimum atomic E-state index is -0.0136. The highest BCUT2D eigenvalue weighted by Gasteiger charge is 2.10. The van der Waals surface area contributed by atoms with Gasteiger partial charge in [0.2, 0.25) is 0 Å². The number of nitrogens with two attached hydrogens (primary N) is 1. The van der Waals surface area contributed by atoms with Crippen molar-refractivity contribution in [3.8, 4) is 5.75 Å². The predicted octanol–water partition coefficient (Wildman–Crippen LogP) is 2.16. The van der Waals surface area contributed by atoms with Gasteiger partial charge in [0.15, 0.2) is 5.84 Å². The van der Waals surface area contributed by atoms with E-state index in [1.807, 2.05) is 0 Å². The van der Waals surface area contributed by atoms with E-state index in [-0.39, 0.29) is 5.84 Å². The van der Waals surface area contributed by atoms with E-state index in [0.29, 0.717) is 22.9 Å². The molecule has 0 spiro atoms. The summed E-state index contributed by atoms with van der Waals surface area (Å²) in [6, 6.07) is 5.05. The summed E-state index contributed by atoms with van der Waals surface area (Å²) in [6.45, 7) is 7.53. The third-order valence-electron chi connectivity index (χ3n) is 2.88. The van der Waals surface area contributed by atoms with Gasteiger partial charge in [0.25, 0.3) is 0 Å². The van der Waals surface area contributed by atoms with E-state index in [1.165, 1.54) is 0 Å². The van der Waals surface area contributed by atoms with Gasteiger partial charge in [-0.15, -0.1) is 0 Å². The molecule has 0 bridgehead atoms. The Kier molecular flexibility index (Phi) is 6.45. The molecule has 0 fully saturated rings. The van der Waals surface area contributed by atoms with Crippen LogP contribution in [0.4, 0.5) is 0 Å². The SMILES string of the molecule is CCN(CC)CCOc1ccc(Cl)cc1C(N)=NO. The van der Waals surface area contributed by atoms with E-state index in [2.05, 4.69) is 23.9 Å². The highest BCUT2D eigenvalue weighted by atomic mass is 35.5. The summed E-state index contributed by atoms with van der Waals surface area (Å²) in [5, 5.41) is 12.2. The van der Waals surface area contributed by atoms with Crippen molar-refractivity contribution in [2.24, 2.45) is 10.9 Å². The van der Waals surface area contributed by atoms with Crippen molar-refractivity contribution in [1.29, 1.82) is 0 Å². The summed E-state index contributed by atoms with van der Waals surface area (Å²) in [5.41, 5.74) is 6.09. The molecule has 0 aliphatic carbocycles. The zero-order valence-electron chi connectivity index (χ0n) is 11.3. The molecular weight excluding hydrogens is 266 g/mol. The number of likely N-dealkylation sites (N-methyl/N-ethyl adjacent to an activating group) is 1. The molecule has 0 saturated carbocycles. The number of amidine groups is 1. The van der Waals surface area contributed by atoms with Gasteiger partial charge in [-0.3, -0.25) is 0 Å². The molecule has 0 heterocycles. The maximum atomic E-state index is 8.75. The number of hydrogen-bond acceptors (Lipinski definition) is 4. The highest BCUT2D eigenvalue weighted by molar-refractivity contribution is 6.31. The molecule has 3 N–H and O–H groups in total. The van der Waals surface area contributed by atoms with Crippen LogP contribution in [-0.2, 0) is 0 Å². The number of benzene rings is 1. The van der Waals surface area contributed by atoms with Crippen LogP contribution < -0.4 is 10.5 Å². The van der Waals surface area contributed by atoms with Gasteiger partial charge >= 0.3 is 0 Å². The van der Waals surface area contributed by atoms with Crippen LogP contribution in [-0.4, -0.2) is 42.2 Å². The van der Waals surface area contributed by atoms with Crippen molar-refractivity contribution in [3.05, 3.63) is 28.8 Å². The van der Waals surface area contributed by atoms with Gasteiger partial charge < -0.3 is 20.6 Å². The Balaban J connectivity index is 2.73. The smallest absolute Gasteiger partial charge is 0.173 e. The number of rotatable bonds is 7. The molecule has 0 saturated heterocycles. The Morgan fingerprint density at radius 3 is 2.68 bits per heavy atom. The van der Waals surface area contributed by atoms with Crippen LogP contribution in [0.15, 0.2) is 23.4 Å². The van der Waals surface area contributed by atoms with E-state index in [4.69, 9.17) is 27.3 Å². The lowest BCUT2D eigenvalue weighted by Gasteiger charge is -2.18. The van der Waals surface area contributed by atoms with Crippen molar-refractivity contribution in [3.63, 3.8) is 0 Å². The van der Waals surface area contributed by atoms with Gasteiger partial charge in [-0.05, 0) is 31.3 Å². The van der Waals surface area contributed by atoms with Crippen molar-refractivity contribution in [1.82, 2.24) is 4.90 Å². The Morgan fingerprint density at radius 2 is 2.11 bits per heavy atom. The van der Waals surface area contributed by atoms with Crippen LogP contribution in [0.25, 0.3) is 0 Å². The number of ether oxygens (including phenoxy) is 1. The minimum absolute atomic E-state index is 0.0136. The van der Waals surface area contributed by atoms with Crippen LogP contribution in [0.2, 0.25) is 5.02 Å². The Bertz CT molecular complexity index is 434. The Hall–Kier alpha value is -1.46.